The van der Waals surface area contributed by atoms with E-state index in [1.54, 1.807) is 62.8 Å². The monoisotopic (exact) mass is 530 g/mol. The van der Waals surface area contributed by atoms with Crippen molar-refractivity contribution in [3.05, 3.63) is 99.9 Å². The van der Waals surface area contributed by atoms with E-state index in [0.717, 1.165) is 15.1 Å². The Morgan fingerprint density at radius 1 is 0.974 bits per heavy atom. The third kappa shape index (κ3) is 5.87. The van der Waals surface area contributed by atoms with Gasteiger partial charge in [0.05, 0.1) is 36.9 Å². The second kappa shape index (κ2) is 11.7. The van der Waals surface area contributed by atoms with Gasteiger partial charge in [0.1, 0.15) is 11.5 Å². The second-order valence-electron chi connectivity index (χ2n) is 8.20. The molecular weight excluding hydrogens is 504 g/mol. The minimum Gasteiger partial charge on any atom is -0.497 e. The summed E-state index contributed by atoms with van der Waals surface area (Å²) in [6.07, 6.45) is 0. The van der Waals surface area contributed by atoms with Gasteiger partial charge in [-0.15, -0.1) is 0 Å². The van der Waals surface area contributed by atoms with E-state index in [9.17, 15) is 14.4 Å². The molecular formula is C28H26N4O5S. The van der Waals surface area contributed by atoms with Crippen LogP contribution < -0.4 is 25.7 Å². The van der Waals surface area contributed by atoms with Crippen molar-refractivity contribution < 1.29 is 19.1 Å². The van der Waals surface area contributed by atoms with Gasteiger partial charge in [0, 0.05) is 10.3 Å². The molecule has 4 aromatic rings. The lowest BCUT2D eigenvalue weighted by molar-refractivity contribution is -0.119. The van der Waals surface area contributed by atoms with Crippen LogP contribution in [0.4, 0.5) is 0 Å². The van der Waals surface area contributed by atoms with Gasteiger partial charge in [0.25, 0.3) is 11.5 Å². The molecule has 0 unspecified atom stereocenters. The smallest absolute Gasteiger partial charge is 0.279 e. The molecule has 0 fully saturated rings. The first kappa shape index (κ1) is 26.5. The van der Waals surface area contributed by atoms with Gasteiger partial charge in [-0.2, -0.15) is 9.78 Å². The summed E-state index contributed by atoms with van der Waals surface area (Å²) in [5.74, 6) is 0.262. The van der Waals surface area contributed by atoms with E-state index in [2.05, 4.69) is 22.3 Å². The van der Waals surface area contributed by atoms with Crippen molar-refractivity contribution in [2.45, 2.75) is 11.8 Å². The number of hydrogen-bond acceptors (Lipinski definition) is 7. The van der Waals surface area contributed by atoms with Crippen molar-refractivity contribution in [1.82, 2.24) is 20.4 Å². The molecule has 1 aromatic heterocycles. The van der Waals surface area contributed by atoms with Gasteiger partial charge in [0.15, 0.2) is 5.69 Å². The highest BCUT2D eigenvalue weighted by Gasteiger charge is 2.18. The number of nitrogens with one attached hydrogen (secondary N) is 2. The predicted molar refractivity (Wildman–Crippen MR) is 147 cm³/mol. The number of fused-ring (bicyclic) bond motifs is 1. The lowest BCUT2D eigenvalue weighted by Crippen LogP contribution is -2.37. The SMILES string of the molecule is C=C(NC(=O)CNC(=O)c1nn(-c2ccc(OC)cc2)c(=O)c2ccccc12)Sc1cc(OC)ccc1C. The van der Waals surface area contributed by atoms with Crippen molar-refractivity contribution in [2.24, 2.45) is 0 Å². The van der Waals surface area contributed by atoms with Gasteiger partial charge >= 0.3 is 0 Å². The zero-order valence-electron chi connectivity index (χ0n) is 21.1. The summed E-state index contributed by atoms with van der Waals surface area (Å²) in [5, 5.41) is 10.7. The van der Waals surface area contributed by atoms with Crippen LogP contribution >= 0.6 is 11.8 Å². The minimum atomic E-state index is -0.597. The number of hydrogen-bond donors (Lipinski definition) is 2. The van der Waals surface area contributed by atoms with Crippen molar-refractivity contribution in [1.29, 1.82) is 0 Å². The van der Waals surface area contributed by atoms with E-state index in [1.807, 2.05) is 25.1 Å². The Morgan fingerprint density at radius 3 is 2.32 bits per heavy atom. The molecule has 0 radical (unpaired) electrons. The van der Waals surface area contributed by atoms with Crippen molar-refractivity contribution in [3.63, 3.8) is 0 Å². The normalized spacial score (nSPS) is 10.6. The van der Waals surface area contributed by atoms with Gasteiger partial charge in [-0.1, -0.05) is 42.6 Å². The summed E-state index contributed by atoms with van der Waals surface area (Å²) >= 11 is 1.29. The number of thioether (sulfide) groups is 1. The molecule has 194 valence electrons. The summed E-state index contributed by atoms with van der Waals surface area (Å²) in [7, 11) is 3.13. The van der Waals surface area contributed by atoms with Gasteiger partial charge < -0.3 is 20.1 Å². The van der Waals surface area contributed by atoms with Gasteiger partial charge in [-0.25, -0.2) is 0 Å². The molecule has 3 aromatic carbocycles. The summed E-state index contributed by atoms with van der Waals surface area (Å²) in [4.78, 5) is 39.7. The molecule has 1 heterocycles. The van der Waals surface area contributed by atoms with Crippen LogP contribution in [0.5, 0.6) is 11.5 Å². The maximum Gasteiger partial charge on any atom is 0.279 e. The number of methoxy groups -OCH3 is 2. The topological polar surface area (TPSA) is 112 Å². The van der Waals surface area contributed by atoms with Crippen molar-refractivity contribution >= 4 is 34.3 Å². The van der Waals surface area contributed by atoms with E-state index in [4.69, 9.17) is 9.47 Å². The van der Waals surface area contributed by atoms with Crippen LogP contribution in [0.1, 0.15) is 16.1 Å². The standard InChI is InChI=1S/C28H26N4O5S/c1-17-9-12-21(37-4)15-24(17)38-18(2)30-25(33)16-29-27(34)26-22-7-5-6-8-23(22)28(35)32(31-26)19-10-13-20(36-3)14-11-19/h5-15H,2,16H2,1,3-4H3,(H,29,34)(H,30,33). The van der Waals surface area contributed by atoms with Crippen LogP contribution in [0.2, 0.25) is 0 Å². The fourth-order valence-corrected chi connectivity index (χ4v) is 4.51. The number of aromatic nitrogens is 2. The average Bonchev–Trinajstić information content (AvgIpc) is 2.93. The summed E-state index contributed by atoms with van der Waals surface area (Å²) < 4.78 is 11.6. The van der Waals surface area contributed by atoms with Gasteiger partial charge in [0.2, 0.25) is 5.91 Å². The highest BCUT2D eigenvalue weighted by molar-refractivity contribution is 8.03. The second-order valence-corrected chi connectivity index (χ2v) is 9.33. The molecule has 0 saturated carbocycles. The molecule has 0 atom stereocenters. The highest BCUT2D eigenvalue weighted by Crippen LogP contribution is 2.30. The Hall–Kier alpha value is -4.57. The number of carbonyl (C=O) groups excluding carboxylic acids is 2. The van der Waals surface area contributed by atoms with Crippen LogP contribution in [0.25, 0.3) is 16.5 Å². The van der Waals surface area contributed by atoms with E-state index in [1.165, 1.54) is 11.8 Å². The molecule has 9 nitrogen and oxygen atoms in total. The van der Waals surface area contributed by atoms with E-state index in [0.29, 0.717) is 33.0 Å². The highest BCUT2D eigenvalue weighted by atomic mass is 32.2. The van der Waals surface area contributed by atoms with Crippen molar-refractivity contribution in [3.8, 4) is 17.2 Å². The first-order valence-electron chi connectivity index (χ1n) is 11.6. The number of rotatable bonds is 9. The molecule has 2 N–H and O–H groups in total. The Morgan fingerprint density at radius 2 is 1.63 bits per heavy atom. The molecule has 0 saturated heterocycles. The fraction of sp³-hybridized carbons (Fsp3) is 0.143. The molecule has 0 aliphatic carbocycles. The average molecular weight is 531 g/mol. The summed E-state index contributed by atoms with van der Waals surface area (Å²) in [6.45, 7) is 5.53. The maximum atomic E-state index is 13.1. The van der Waals surface area contributed by atoms with Gasteiger partial charge in [-0.3, -0.25) is 14.4 Å². The van der Waals surface area contributed by atoms with Crippen LogP contribution in [0.15, 0.2) is 88.0 Å². The van der Waals surface area contributed by atoms with Crippen LogP contribution in [-0.2, 0) is 4.79 Å². The fourth-order valence-electron chi connectivity index (χ4n) is 3.68. The molecule has 0 aliphatic rings. The lowest BCUT2D eigenvalue weighted by Gasteiger charge is -2.13. The van der Waals surface area contributed by atoms with E-state index in [-0.39, 0.29) is 17.8 Å². The number of ether oxygens (including phenoxy) is 2. The molecule has 2 amide bonds. The minimum absolute atomic E-state index is 0.0176. The maximum absolute atomic E-state index is 13.1. The van der Waals surface area contributed by atoms with Gasteiger partial charge in [-0.05, 0) is 55.0 Å². The number of benzene rings is 3. The summed E-state index contributed by atoms with van der Waals surface area (Å²) in [5.41, 5.74) is 1.11. The molecule has 0 aliphatic heterocycles. The third-order valence-electron chi connectivity index (χ3n) is 5.65. The Bertz CT molecular complexity index is 1580. The van der Waals surface area contributed by atoms with Crippen LogP contribution in [-0.4, -0.2) is 42.4 Å². The number of nitrogens with zero attached hydrogens (tertiary/aromatic N) is 2. The quantitative estimate of drug-likeness (QED) is 0.317. The molecule has 4 rings (SSSR count). The Kier molecular flexibility index (Phi) is 8.12. The number of aryl methyl sites for hydroxylation is 1. The predicted octanol–water partition coefficient (Wildman–Crippen LogP) is 3.82. The molecule has 0 spiro atoms. The number of amides is 2. The largest absolute Gasteiger partial charge is 0.497 e. The Labute approximate surface area is 223 Å². The molecule has 0 bridgehead atoms. The third-order valence-corrected chi connectivity index (χ3v) is 6.66. The first-order chi connectivity index (χ1) is 18.3. The molecule has 10 heteroatoms. The zero-order valence-corrected chi connectivity index (χ0v) is 21.9. The first-order valence-corrected chi connectivity index (χ1v) is 12.4. The number of carbonyl (C=O) groups is 2. The van der Waals surface area contributed by atoms with E-state index >= 15 is 0 Å². The van der Waals surface area contributed by atoms with Crippen molar-refractivity contribution in [2.75, 3.05) is 20.8 Å². The summed E-state index contributed by atoms with van der Waals surface area (Å²) in [6, 6.07) is 19.1. The molecule has 38 heavy (non-hydrogen) atoms. The lowest BCUT2D eigenvalue weighted by atomic mass is 10.1. The van der Waals surface area contributed by atoms with Crippen LogP contribution in [0, 0.1) is 6.92 Å². The zero-order chi connectivity index (χ0) is 27.2. The van der Waals surface area contributed by atoms with E-state index < -0.39 is 11.8 Å². The van der Waals surface area contributed by atoms with Crippen LogP contribution in [0.3, 0.4) is 0 Å². The Balaban J connectivity index is 1.50.